The zero-order chi connectivity index (χ0) is 11.0. The van der Waals surface area contributed by atoms with Gasteiger partial charge < -0.3 is 4.74 Å². The highest BCUT2D eigenvalue weighted by atomic mass is 32.1. The number of carbonyl (C=O) groups excluding carboxylic acids is 1. The lowest BCUT2D eigenvalue weighted by atomic mass is 10.1. The second-order valence-electron chi connectivity index (χ2n) is 3.45. The van der Waals surface area contributed by atoms with Crippen LogP contribution >= 0.6 is 11.3 Å². The van der Waals surface area contributed by atoms with Crippen molar-refractivity contribution in [3.05, 3.63) is 28.6 Å². The van der Waals surface area contributed by atoms with Gasteiger partial charge in [-0.15, -0.1) is 11.3 Å². The van der Waals surface area contributed by atoms with Gasteiger partial charge in [-0.1, -0.05) is 0 Å². The molecule has 2 rings (SSSR count). The van der Waals surface area contributed by atoms with E-state index >= 15 is 0 Å². The molecule has 0 fully saturated rings. The third-order valence-electron chi connectivity index (χ3n) is 2.42. The molecule has 78 valence electrons. The number of hydrogen-bond donors (Lipinski definition) is 0. The molecule has 0 spiro atoms. The van der Waals surface area contributed by atoms with Gasteiger partial charge in [-0.25, -0.2) is 0 Å². The van der Waals surface area contributed by atoms with Gasteiger partial charge in [0.25, 0.3) is 0 Å². The summed E-state index contributed by atoms with van der Waals surface area (Å²) in [4.78, 5) is 12.6. The van der Waals surface area contributed by atoms with E-state index in [9.17, 15) is 4.79 Å². The number of aryl methyl sites for hydroxylation is 1. The molecule has 0 aliphatic heterocycles. The zero-order valence-corrected chi connectivity index (χ0v) is 9.77. The highest BCUT2D eigenvalue weighted by molar-refractivity contribution is 7.19. The molecule has 1 aromatic carbocycles. The summed E-state index contributed by atoms with van der Waals surface area (Å²) >= 11 is 1.65. The largest absolute Gasteiger partial charge is 0.497 e. The van der Waals surface area contributed by atoms with Crippen molar-refractivity contribution >= 4 is 27.2 Å². The lowest BCUT2D eigenvalue weighted by Gasteiger charge is -2.00. The first kappa shape index (κ1) is 10.2. The third-order valence-corrected chi connectivity index (χ3v) is 3.51. The van der Waals surface area contributed by atoms with Crippen LogP contribution in [0.3, 0.4) is 0 Å². The predicted octanol–water partition coefficient (Wildman–Crippen LogP) is 3.42. The molecule has 0 radical (unpaired) electrons. The Morgan fingerprint density at radius 3 is 2.73 bits per heavy atom. The minimum Gasteiger partial charge on any atom is -0.497 e. The first-order valence-corrected chi connectivity index (χ1v) is 5.53. The fourth-order valence-electron chi connectivity index (χ4n) is 1.76. The Labute approximate surface area is 92.5 Å². The van der Waals surface area contributed by atoms with Gasteiger partial charge in [-0.3, -0.25) is 4.79 Å². The summed E-state index contributed by atoms with van der Waals surface area (Å²) in [6, 6.07) is 5.84. The minimum absolute atomic E-state index is 0.118. The van der Waals surface area contributed by atoms with E-state index in [0.29, 0.717) is 0 Å². The standard InChI is InChI=1S/C12H12O2S/c1-7(13)12-8(2)15-11-5-4-9(14-3)6-10(11)12/h4-6H,1-3H3. The lowest BCUT2D eigenvalue weighted by Crippen LogP contribution is -1.92. The summed E-state index contributed by atoms with van der Waals surface area (Å²) < 4.78 is 6.30. The molecular weight excluding hydrogens is 208 g/mol. The van der Waals surface area contributed by atoms with Crippen LogP contribution in [-0.4, -0.2) is 12.9 Å². The third kappa shape index (κ3) is 1.63. The van der Waals surface area contributed by atoms with E-state index in [0.717, 1.165) is 26.3 Å². The van der Waals surface area contributed by atoms with Crippen LogP contribution in [0, 0.1) is 6.92 Å². The maximum absolute atomic E-state index is 11.5. The van der Waals surface area contributed by atoms with Crippen molar-refractivity contribution in [3.63, 3.8) is 0 Å². The fraction of sp³-hybridized carbons (Fsp3) is 0.250. The van der Waals surface area contributed by atoms with Crippen molar-refractivity contribution in [2.75, 3.05) is 7.11 Å². The average Bonchev–Trinajstić information content (AvgIpc) is 2.52. The zero-order valence-electron chi connectivity index (χ0n) is 8.96. The van der Waals surface area contributed by atoms with Crippen LogP contribution in [0.25, 0.3) is 10.1 Å². The highest BCUT2D eigenvalue weighted by Gasteiger charge is 2.13. The Morgan fingerprint density at radius 2 is 2.13 bits per heavy atom. The molecule has 2 aromatic rings. The summed E-state index contributed by atoms with van der Waals surface area (Å²) in [6.07, 6.45) is 0. The number of fused-ring (bicyclic) bond motifs is 1. The highest BCUT2D eigenvalue weighted by Crippen LogP contribution is 2.33. The van der Waals surface area contributed by atoms with Crippen LogP contribution in [-0.2, 0) is 0 Å². The average molecular weight is 220 g/mol. The maximum Gasteiger partial charge on any atom is 0.161 e. The molecule has 0 atom stereocenters. The van der Waals surface area contributed by atoms with Crippen molar-refractivity contribution in [1.29, 1.82) is 0 Å². The number of methoxy groups -OCH3 is 1. The maximum atomic E-state index is 11.5. The van der Waals surface area contributed by atoms with Crippen LogP contribution in [0.2, 0.25) is 0 Å². The summed E-state index contributed by atoms with van der Waals surface area (Å²) in [5, 5.41) is 1.00. The van der Waals surface area contributed by atoms with Gasteiger partial charge in [0.15, 0.2) is 5.78 Å². The van der Waals surface area contributed by atoms with Crippen molar-refractivity contribution in [2.45, 2.75) is 13.8 Å². The molecule has 1 heterocycles. The summed E-state index contributed by atoms with van der Waals surface area (Å²) in [5.41, 5.74) is 0.828. The van der Waals surface area contributed by atoms with E-state index in [1.54, 1.807) is 25.4 Å². The van der Waals surface area contributed by atoms with Gasteiger partial charge >= 0.3 is 0 Å². The second kappa shape index (κ2) is 3.66. The van der Waals surface area contributed by atoms with E-state index in [2.05, 4.69) is 0 Å². The van der Waals surface area contributed by atoms with Crippen molar-refractivity contribution in [2.24, 2.45) is 0 Å². The molecule has 0 saturated heterocycles. The summed E-state index contributed by atoms with van der Waals surface area (Å²) in [7, 11) is 1.63. The predicted molar refractivity (Wildman–Crippen MR) is 63.1 cm³/mol. The molecule has 0 aliphatic carbocycles. The van der Waals surface area contributed by atoms with Crippen molar-refractivity contribution in [1.82, 2.24) is 0 Å². The molecule has 15 heavy (non-hydrogen) atoms. The van der Waals surface area contributed by atoms with E-state index in [-0.39, 0.29) is 5.78 Å². The SMILES string of the molecule is COc1ccc2sc(C)c(C(C)=O)c2c1. The Kier molecular flexibility index (Phi) is 2.49. The Hall–Kier alpha value is -1.35. The van der Waals surface area contributed by atoms with Crippen LogP contribution in [0.4, 0.5) is 0 Å². The Bertz CT molecular complexity index is 526. The van der Waals surface area contributed by atoms with E-state index in [1.807, 2.05) is 25.1 Å². The smallest absolute Gasteiger partial charge is 0.161 e. The van der Waals surface area contributed by atoms with Crippen LogP contribution < -0.4 is 4.74 Å². The first-order valence-electron chi connectivity index (χ1n) is 4.71. The van der Waals surface area contributed by atoms with E-state index in [1.165, 1.54) is 0 Å². The molecule has 1 aromatic heterocycles. The molecule has 0 bridgehead atoms. The first-order chi connectivity index (χ1) is 7.13. The number of ether oxygens (including phenoxy) is 1. The molecule has 0 aliphatic rings. The van der Waals surface area contributed by atoms with Gasteiger partial charge in [0.05, 0.1) is 7.11 Å². The molecule has 3 heteroatoms. The number of Topliss-reactive ketones (excluding diaryl/α,β-unsaturated/α-hetero) is 1. The number of thiophene rings is 1. The van der Waals surface area contributed by atoms with Gasteiger partial charge in [0.2, 0.25) is 0 Å². The lowest BCUT2D eigenvalue weighted by molar-refractivity contribution is 0.101. The summed E-state index contributed by atoms with van der Waals surface area (Å²) in [5.74, 6) is 0.912. The minimum atomic E-state index is 0.118. The van der Waals surface area contributed by atoms with Gasteiger partial charge in [0, 0.05) is 20.5 Å². The van der Waals surface area contributed by atoms with Crippen LogP contribution in [0.1, 0.15) is 22.2 Å². The normalized spacial score (nSPS) is 10.6. The van der Waals surface area contributed by atoms with Crippen molar-refractivity contribution in [3.8, 4) is 5.75 Å². The molecule has 0 unspecified atom stereocenters. The number of carbonyl (C=O) groups is 1. The second-order valence-corrected chi connectivity index (χ2v) is 4.71. The van der Waals surface area contributed by atoms with Crippen LogP contribution in [0.5, 0.6) is 5.75 Å². The fourth-order valence-corrected chi connectivity index (χ4v) is 2.86. The topological polar surface area (TPSA) is 26.3 Å². The Balaban J connectivity index is 2.77. The number of ketones is 1. The number of hydrogen-bond acceptors (Lipinski definition) is 3. The quantitative estimate of drug-likeness (QED) is 0.725. The molecule has 0 N–H and O–H groups in total. The molecular formula is C12H12O2S. The summed E-state index contributed by atoms with van der Waals surface area (Å²) in [6.45, 7) is 3.59. The monoisotopic (exact) mass is 220 g/mol. The van der Waals surface area contributed by atoms with Gasteiger partial charge in [-0.2, -0.15) is 0 Å². The van der Waals surface area contributed by atoms with Crippen molar-refractivity contribution < 1.29 is 9.53 Å². The molecule has 2 nitrogen and oxygen atoms in total. The number of benzene rings is 1. The van der Waals surface area contributed by atoms with E-state index in [4.69, 9.17) is 4.74 Å². The Morgan fingerprint density at radius 1 is 1.40 bits per heavy atom. The number of rotatable bonds is 2. The van der Waals surface area contributed by atoms with Gasteiger partial charge in [-0.05, 0) is 32.0 Å². The van der Waals surface area contributed by atoms with E-state index < -0.39 is 0 Å². The van der Waals surface area contributed by atoms with Crippen LogP contribution in [0.15, 0.2) is 18.2 Å². The molecule has 0 amide bonds. The van der Waals surface area contributed by atoms with Gasteiger partial charge in [0.1, 0.15) is 5.75 Å². The molecule has 0 saturated carbocycles.